The molecule has 0 atom stereocenters. The van der Waals surface area contributed by atoms with Gasteiger partial charge in [-0.25, -0.2) is 8.42 Å². The number of hydrogen-bond acceptors (Lipinski definition) is 4. The number of allylic oxidation sites excluding steroid dienone is 1. The van der Waals surface area contributed by atoms with Gasteiger partial charge in [-0.3, -0.25) is 0 Å². The topological polar surface area (TPSA) is 67.2 Å². The Morgan fingerprint density at radius 3 is 2.10 bits per heavy atom. The first kappa shape index (κ1) is 22.3. The predicted octanol–water partition coefficient (Wildman–Crippen LogP) is 5.90. The summed E-state index contributed by atoms with van der Waals surface area (Å²) in [7, 11) is -3.85. The number of benzene rings is 3. The normalized spacial score (nSPS) is 12.3. The first-order chi connectivity index (χ1) is 14.7. The lowest BCUT2D eigenvalue weighted by Crippen LogP contribution is -2.10. The number of sulfone groups is 1. The highest BCUT2D eigenvalue weighted by Crippen LogP contribution is 2.24. The average molecular weight is 432 g/mol. The van der Waals surface area contributed by atoms with Crippen LogP contribution in [0.1, 0.15) is 37.5 Å². The fraction of sp³-hybridized carbons (Fsp3) is 0.192. The van der Waals surface area contributed by atoms with E-state index in [1.165, 1.54) is 23.8 Å². The molecule has 0 aliphatic heterocycles. The highest BCUT2D eigenvalue weighted by molar-refractivity contribution is 7.95. The van der Waals surface area contributed by atoms with Gasteiger partial charge in [-0.05, 0) is 52.4 Å². The second-order valence-electron chi connectivity index (χ2n) is 8.24. The van der Waals surface area contributed by atoms with Gasteiger partial charge >= 0.3 is 0 Å². The molecule has 5 heteroatoms. The van der Waals surface area contributed by atoms with Crippen molar-refractivity contribution < 1.29 is 13.2 Å². The molecule has 3 aromatic carbocycles. The van der Waals surface area contributed by atoms with E-state index in [4.69, 9.17) is 4.74 Å². The zero-order valence-electron chi connectivity index (χ0n) is 17.9. The largest absolute Gasteiger partial charge is 0.489 e. The van der Waals surface area contributed by atoms with Crippen LogP contribution < -0.4 is 4.74 Å². The van der Waals surface area contributed by atoms with Crippen LogP contribution in [0.3, 0.4) is 0 Å². The molecule has 0 heterocycles. The van der Waals surface area contributed by atoms with Crippen molar-refractivity contribution in [1.29, 1.82) is 5.26 Å². The van der Waals surface area contributed by atoms with Crippen LogP contribution in [0.2, 0.25) is 0 Å². The maximum atomic E-state index is 12.7. The summed E-state index contributed by atoms with van der Waals surface area (Å²) < 4.78 is 31.2. The van der Waals surface area contributed by atoms with Gasteiger partial charge in [-0.2, -0.15) is 5.26 Å². The smallest absolute Gasteiger partial charge is 0.216 e. The van der Waals surface area contributed by atoms with Crippen molar-refractivity contribution in [1.82, 2.24) is 0 Å². The second-order valence-corrected chi connectivity index (χ2v) is 10.2. The molecule has 158 valence electrons. The third kappa shape index (κ3) is 5.62. The second kappa shape index (κ2) is 9.20. The van der Waals surface area contributed by atoms with Gasteiger partial charge in [0.1, 0.15) is 23.3 Å². The minimum atomic E-state index is -3.85. The maximum Gasteiger partial charge on any atom is 0.216 e. The molecule has 0 fully saturated rings. The van der Waals surface area contributed by atoms with Crippen molar-refractivity contribution in [3.05, 3.63) is 100 Å². The molecule has 3 rings (SSSR count). The summed E-state index contributed by atoms with van der Waals surface area (Å²) in [6.07, 6.45) is 1.37. The summed E-state index contributed by atoms with van der Waals surface area (Å²) in [5.41, 5.74) is 3.06. The number of nitrogens with zero attached hydrogens (tertiary/aromatic N) is 1. The molecular formula is C26H25NO3S. The molecule has 0 unspecified atom stereocenters. The Morgan fingerprint density at radius 1 is 0.935 bits per heavy atom. The van der Waals surface area contributed by atoms with Crippen molar-refractivity contribution in [2.45, 2.75) is 37.7 Å². The van der Waals surface area contributed by atoms with E-state index in [1.54, 1.807) is 42.5 Å². The minimum absolute atomic E-state index is 0.0974. The third-order valence-electron chi connectivity index (χ3n) is 4.86. The van der Waals surface area contributed by atoms with Gasteiger partial charge in [0.25, 0.3) is 0 Å². The van der Waals surface area contributed by atoms with Gasteiger partial charge in [0, 0.05) is 0 Å². The van der Waals surface area contributed by atoms with Crippen LogP contribution in [0.25, 0.3) is 6.08 Å². The van der Waals surface area contributed by atoms with Crippen molar-refractivity contribution in [3.8, 4) is 11.8 Å². The molecule has 0 N–H and O–H groups in total. The van der Waals surface area contributed by atoms with Gasteiger partial charge in [-0.15, -0.1) is 0 Å². The van der Waals surface area contributed by atoms with Crippen LogP contribution in [-0.4, -0.2) is 8.42 Å². The number of rotatable bonds is 6. The Morgan fingerprint density at radius 2 is 1.55 bits per heavy atom. The zero-order chi connectivity index (χ0) is 22.5. The van der Waals surface area contributed by atoms with E-state index in [0.29, 0.717) is 17.9 Å². The molecule has 0 aromatic heterocycles. The summed E-state index contributed by atoms with van der Waals surface area (Å²) in [5, 5.41) is 9.40. The Kier molecular flexibility index (Phi) is 6.62. The molecule has 31 heavy (non-hydrogen) atoms. The summed E-state index contributed by atoms with van der Waals surface area (Å²) >= 11 is 0. The summed E-state index contributed by atoms with van der Waals surface area (Å²) in [5.74, 6) is 0.668. The van der Waals surface area contributed by atoms with E-state index in [2.05, 4.69) is 45.0 Å². The molecule has 0 saturated heterocycles. The van der Waals surface area contributed by atoms with Crippen LogP contribution in [0.5, 0.6) is 5.75 Å². The van der Waals surface area contributed by atoms with Crippen molar-refractivity contribution >= 4 is 15.9 Å². The van der Waals surface area contributed by atoms with E-state index in [1.807, 2.05) is 6.07 Å². The highest BCUT2D eigenvalue weighted by atomic mass is 32.2. The maximum absolute atomic E-state index is 12.7. The van der Waals surface area contributed by atoms with Crippen LogP contribution in [0.4, 0.5) is 0 Å². The van der Waals surface area contributed by atoms with Gasteiger partial charge in [0.2, 0.25) is 9.84 Å². The summed E-state index contributed by atoms with van der Waals surface area (Å²) in [6.45, 7) is 6.97. The van der Waals surface area contributed by atoms with Gasteiger partial charge in [-0.1, -0.05) is 75.4 Å². The number of hydrogen-bond donors (Lipinski definition) is 0. The SMILES string of the molecule is CC(C)(C)c1ccc(COc2ccc(C=C(C#N)S(=O)(=O)c3ccccc3)cc2)cc1. The Balaban J connectivity index is 1.70. The van der Waals surface area contributed by atoms with Gasteiger partial charge in [0.15, 0.2) is 0 Å². The first-order valence-corrected chi connectivity index (χ1v) is 11.4. The van der Waals surface area contributed by atoms with E-state index in [-0.39, 0.29) is 15.2 Å². The molecule has 0 aliphatic rings. The van der Waals surface area contributed by atoms with Crippen molar-refractivity contribution in [3.63, 3.8) is 0 Å². The molecule has 3 aromatic rings. The van der Waals surface area contributed by atoms with E-state index in [9.17, 15) is 13.7 Å². The Bertz CT molecular complexity index is 1200. The summed E-state index contributed by atoms with van der Waals surface area (Å²) in [4.78, 5) is -0.202. The van der Waals surface area contributed by atoms with Crippen LogP contribution in [0.15, 0.2) is 88.7 Å². The first-order valence-electron chi connectivity index (χ1n) is 9.94. The predicted molar refractivity (Wildman–Crippen MR) is 123 cm³/mol. The lowest BCUT2D eigenvalue weighted by Gasteiger charge is -2.19. The van der Waals surface area contributed by atoms with Crippen LogP contribution in [0, 0.1) is 11.3 Å². The molecule has 0 aliphatic carbocycles. The molecule has 0 radical (unpaired) electrons. The standard InChI is InChI=1S/C26H25NO3S/c1-26(2,3)22-13-9-21(10-14-22)19-30-23-15-11-20(12-16-23)17-25(18-27)31(28,29)24-7-5-4-6-8-24/h4-17H,19H2,1-3H3. The van der Waals surface area contributed by atoms with Gasteiger partial charge < -0.3 is 4.74 Å². The van der Waals surface area contributed by atoms with E-state index < -0.39 is 9.84 Å². The van der Waals surface area contributed by atoms with E-state index >= 15 is 0 Å². The molecular weight excluding hydrogens is 406 g/mol. The third-order valence-corrected chi connectivity index (χ3v) is 6.54. The fourth-order valence-corrected chi connectivity index (χ4v) is 4.16. The Labute approximate surface area is 184 Å². The summed E-state index contributed by atoms with van der Waals surface area (Å²) in [6, 6.07) is 25.1. The quantitative estimate of drug-likeness (QED) is 0.456. The van der Waals surface area contributed by atoms with Gasteiger partial charge in [0.05, 0.1) is 4.90 Å². The lowest BCUT2D eigenvalue weighted by atomic mass is 9.87. The van der Waals surface area contributed by atoms with Crippen molar-refractivity contribution in [2.75, 3.05) is 0 Å². The average Bonchev–Trinajstić information content (AvgIpc) is 2.77. The lowest BCUT2D eigenvalue weighted by molar-refractivity contribution is 0.306. The molecule has 0 spiro atoms. The molecule has 0 bridgehead atoms. The monoisotopic (exact) mass is 431 g/mol. The molecule has 0 amide bonds. The van der Waals surface area contributed by atoms with Crippen LogP contribution >= 0.6 is 0 Å². The fourth-order valence-electron chi connectivity index (χ4n) is 2.98. The molecule has 0 saturated carbocycles. The molecule has 4 nitrogen and oxygen atoms in total. The van der Waals surface area contributed by atoms with Crippen LogP contribution in [-0.2, 0) is 21.9 Å². The van der Waals surface area contributed by atoms with Crippen molar-refractivity contribution in [2.24, 2.45) is 0 Å². The zero-order valence-corrected chi connectivity index (χ0v) is 18.7. The number of ether oxygens (including phenoxy) is 1. The number of nitriles is 1. The minimum Gasteiger partial charge on any atom is -0.489 e. The van der Waals surface area contributed by atoms with E-state index in [0.717, 1.165) is 5.56 Å². The Hall–Kier alpha value is -3.36. The highest BCUT2D eigenvalue weighted by Gasteiger charge is 2.20.